The van der Waals surface area contributed by atoms with Gasteiger partial charge in [0.2, 0.25) is 0 Å². The molecule has 0 aliphatic carbocycles. The minimum Gasteiger partial charge on any atom is -0.461 e. The third kappa shape index (κ3) is 15.8. The van der Waals surface area contributed by atoms with Gasteiger partial charge in [0, 0.05) is 1.37 Å². The Morgan fingerprint density at radius 1 is 0.806 bits per heavy atom. The highest BCUT2D eigenvalue weighted by Crippen LogP contribution is 2.17. The summed E-state index contributed by atoms with van der Waals surface area (Å²) in [5.41, 5.74) is 2.05. The molecular formula is C29H47Cl2NO4. The molecule has 0 saturated heterocycles. The van der Waals surface area contributed by atoms with Gasteiger partial charge < -0.3 is 14.8 Å². The third-order valence-electron chi connectivity index (χ3n) is 5.23. The van der Waals surface area contributed by atoms with E-state index in [4.69, 9.17) is 10.8 Å². The number of nitrogens with one attached hydrogen (secondary N) is 1. The molecule has 2 atom stereocenters. The van der Waals surface area contributed by atoms with Gasteiger partial charge in [0.15, 0.2) is 0 Å². The lowest BCUT2D eigenvalue weighted by Gasteiger charge is -2.18. The topological polar surface area (TPSA) is 64.6 Å². The lowest BCUT2D eigenvalue weighted by atomic mass is 9.93. The maximum atomic E-state index is 11.8. The maximum absolute atomic E-state index is 11.8. The van der Waals surface area contributed by atoms with Crippen LogP contribution in [0.25, 0.3) is 0 Å². The monoisotopic (exact) mass is 544 g/mol. The van der Waals surface area contributed by atoms with E-state index >= 15 is 0 Å². The van der Waals surface area contributed by atoms with Gasteiger partial charge >= 0.3 is 11.9 Å². The predicted molar refractivity (Wildman–Crippen MR) is 155 cm³/mol. The van der Waals surface area contributed by atoms with Crippen LogP contribution in [0.3, 0.4) is 0 Å². The van der Waals surface area contributed by atoms with Gasteiger partial charge in [-0.25, -0.2) is 0 Å². The second-order valence-electron chi connectivity index (χ2n) is 8.46. The van der Waals surface area contributed by atoms with Gasteiger partial charge in [0.25, 0.3) is 0 Å². The highest BCUT2D eigenvalue weighted by Gasteiger charge is 2.22. The fraction of sp³-hybridized carbons (Fsp3) is 0.517. The van der Waals surface area contributed by atoms with Crippen molar-refractivity contribution in [1.29, 1.82) is 0 Å². The van der Waals surface area contributed by atoms with Crippen molar-refractivity contribution in [3.05, 3.63) is 71.8 Å². The number of rotatable bonds is 10. The maximum Gasteiger partial charge on any atom is 0.323 e. The van der Waals surface area contributed by atoms with Crippen molar-refractivity contribution >= 4 is 36.8 Å². The Morgan fingerprint density at radius 3 is 1.50 bits per heavy atom. The molecule has 0 radical (unpaired) electrons. The fourth-order valence-electron chi connectivity index (χ4n) is 3.29. The molecule has 0 unspecified atom stereocenters. The average Bonchev–Trinajstić information content (AvgIpc) is 2.84. The third-order valence-corrected chi connectivity index (χ3v) is 5.23. The summed E-state index contributed by atoms with van der Waals surface area (Å²) in [5, 5.41) is 2.96. The second-order valence-corrected chi connectivity index (χ2v) is 8.46. The lowest BCUT2D eigenvalue weighted by molar-refractivity contribution is -0.151. The number of halogens is 2. The number of benzene rings is 2. The summed E-state index contributed by atoms with van der Waals surface area (Å²) in [6.07, 6.45) is 0.839. The van der Waals surface area contributed by atoms with Crippen molar-refractivity contribution in [3.63, 3.8) is 0 Å². The van der Waals surface area contributed by atoms with E-state index in [0.717, 1.165) is 17.5 Å². The second kappa shape index (κ2) is 23.3. The quantitative estimate of drug-likeness (QED) is 0.319. The van der Waals surface area contributed by atoms with Gasteiger partial charge in [-0.3, -0.25) is 9.59 Å². The molecule has 0 saturated carbocycles. The molecule has 0 bridgehead atoms. The van der Waals surface area contributed by atoms with E-state index in [2.05, 4.69) is 19.2 Å². The summed E-state index contributed by atoms with van der Waals surface area (Å²) in [4.78, 5) is 23.5. The first-order valence-electron chi connectivity index (χ1n) is 12.8. The molecule has 0 aliphatic heterocycles. The van der Waals surface area contributed by atoms with Gasteiger partial charge in [-0.05, 0) is 36.4 Å². The molecule has 0 aromatic heterocycles. The van der Waals surface area contributed by atoms with Crippen LogP contribution in [0.2, 0.25) is 0 Å². The van der Waals surface area contributed by atoms with Crippen LogP contribution >= 0.6 is 24.8 Å². The highest BCUT2D eigenvalue weighted by atomic mass is 35.5. The van der Waals surface area contributed by atoms with Crippen LogP contribution in [-0.2, 0) is 32.3 Å². The van der Waals surface area contributed by atoms with Gasteiger partial charge in [-0.2, -0.15) is 0 Å². The van der Waals surface area contributed by atoms with Crippen LogP contribution in [0.1, 0.15) is 67.4 Å². The average molecular weight is 546 g/mol. The van der Waals surface area contributed by atoms with Gasteiger partial charge in [-0.1, -0.05) is 109 Å². The Hall–Kier alpha value is -2.08. The Bertz CT molecular complexity index is 741. The summed E-state index contributed by atoms with van der Waals surface area (Å²) in [7, 11) is 1.77. The zero-order chi connectivity index (χ0) is 26.6. The molecular weight excluding hydrogens is 497 g/mol. The minimum absolute atomic E-state index is 0. The van der Waals surface area contributed by atoms with Crippen molar-refractivity contribution < 1.29 is 20.4 Å². The first kappa shape index (κ1) is 36.1. The molecule has 36 heavy (non-hydrogen) atoms. The summed E-state index contributed by atoms with van der Waals surface area (Å²) >= 11 is 0. The Balaban J connectivity index is -0.000000538. The zero-order valence-electron chi connectivity index (χ0n) is 23.9. The SMILES string of the molecule is CC[C@H](C(=O)OCc1ccccc1)C(C)C.CN[C@H](C(=O)OCc1ccccc1)C(C)C.Cl.Cl.[2H]CC. The van der Waals surface area contributed by atoms with Crippen molar-refractivity contribution in [1.82, 2.24) is 5.32 Å². The van der Waals surface area contributed by atoms with E-state index in [1.54, 1.807) is 14.0 Å². The molecule has 1 N–H and O–H groups in total. The van der Waals surface area contributed by atoms with Crippen LogP contribution < -0.4 is 5.32 Å². The van der Waals surface area contributed by atoms with Crippen molar-refractivity contribution in [2.75, 3.05) is 7.05 Å². The summed E-state index contributed by atoms with van der Waals surface area (Å²) in [6, 6.07) is 19.2. The van der Waals surface area contributed by atoms with E-state index in [1.165, 1.54) is 0 Å². The zero-order valence-corrected chi connectivity index (χ0v) is 24.5. The Morgan fingerprint density at radius 2 is 1.19 bits per heavy atom. The summed E-state index contributed by atoms with van der Waals surface area (Å²) in [5.74, 6) is 0.313. The fourth-order valence-corrected chi connectivity index (χ4v) is 3.29. The van der Waals surface area contributed by atoms with Crippen molar-refractivity contribution in [3.8, 4) is 0 Å². The van der Waals surface area contributed by atoms with E-state index < -0.39 is 0 Å². The normalized spacial score (nSPS) is 11.6. The predicted octanol–water partition coefficient (Wildman–Crippen LogP) is 7.26. The van der Waals surface area contributed by atoms with Gasteiger partial charge in [0.1, 0.15) is 19.3 Å². The molecule has 0 amide bonds. The number of esters is 2. The number of hydrogen-bond acceptors (Lipinski definition) is 5. The summed E-state index contributed by atoms with van der Waals surface area (Å²) in [6.45, 7) is 13.1. The molecule has 2 rings (SSSR count). The van der Waals surface area contributed by atoms with Gasteiger partial charge in [-0.15, -0.1) is 24.8 Å². The number of carbonyl (C=O) groups excluding carboxylic acids is 2. The Kier molecular flexibility index (Phi) is 23.4. The lowest BCUT2D eigenvalue weighted by Crippen LogP contribution is -2.39. The van der Waals surface area contributed by atoms with Crippen LogP contribution in [-0.4, -0.2) is 25.0 Å². The van der Waals surface area contributed by atoms with E-state index in [9.17, 15) is 9.59 Å². The standard InChI is InChI=1S/C14H20O2.C13H19NO2.C2H6.2ClH/c1-4-13(11(2)3)14(15)16-10-12-8-6-5-7-9-12;1-10(2)12(14-3)13(15)16-9-11-7-5-4-6-8-11;1-2;;/h5-9,11,13H,4,10H2,1-3H3;4-8,10,12,14H,9H2,1-3H3;1-2H3;2*1H/t13-;12-;;;/m00.../s1/i;;1D;;. The molecule has 0 aliphatic rings. The summed E-state index contributed by atoms with van der Waals surface area (Å²) < 4.78 is 16.8. The molecule has 206 valence electrons. The van der Waals surface area contributed by atoms with E-state index in [-0.39, 0.29) is 54.6 Å². The largest absolute Gasteiger partial charge is 0.461 e. The number of carbonyl (C=O) groups is 2. The molecule has 0 fully saturated rings. The van der Waals surface area contributed by atoms with Crippen LogP contribution in [0, 0.1) is 17.8 Å². The molecule has 7 heteroatoms. The molecule has 2 aromatic carbocycles. The van der Waals surface area contributed by atoms with Gasteiger partial charge in [0.05, 0.1) is 5.92 Å². The van der Waals surface area contributed by atoms with Crippen LogP contribution in [0.4, 0.5) is 0 Å². The Labute approximate surface area is 233 Å². The molecule has 2 aromatic rings. The first-order chi connectivity index (χ1) is 16.7. The van der Waals surface area contributed by atoms with Crippen LogP contribution in [0.5, 0.6) is 0 Å². The van der Waals surface area contributed by atoms with E-state index in [0.29, 0.717) is 26.0 Å². The smallest absolute Gasteiger partial charge is 0.323 e. The number of ether oxygens (including phenoxy) is 2. The number of hydrogen-bond donors (Lipinski definition) is 1. The highest BCUT2D eigenvalue weighted by molar-refractivity contribution is 5.85. The minimum atomic E-state index is -0.233. The molecule has 5 nitrogen and oxygen atoms in total. The van der Waals surface area contributed by atoms with Crippen molar-refractivity contribution in [2.24, 2.45) is 17.8 Å². The van der Waals surface area contributed by atoms with Crippen molar-refractivity contribution in [2.45, 2.75) is 74.1 Å². The first-order valence-corrected chi connectivity index (χ1v) is 12.1. The number of likely N-dealkylation sites (N-methyl/N-ethyl adjacent to an activating group) is 1. The molecule has 0 spiro atoms. The molecule has 0 heterocycles. The van der Waals surface area contributed by atoms with Crippen LogP contribution in [0.15, 0.2) is 60.7 Å². The van der Waals surface area contributed by atoms with E-state index in [1.807, 2.05) is 81.4 Å².